The van der Waals surface area contributed by atoms with Crippen LogP contribution >= 0.6 is 7.59 Å². The number of carbonyl (C=O) groups is 2. The second-order valence-corrected chi connectivity index (χ2v) is 7.96. The fourth-order valence-corrected chi connectivity index (χ4v) is 4.15. The van der Waals surface area contributed by atoms with E-state index in [2.05, 4.69) is 10.4 Å². The van der Waals surface area contributed by atoms with E-state index in [1.165, 1.54) is 0 Å². The average Bonchev–Trinajstić information content (AvgIpc) is 2.44. The van der Waals surface area contributed by atoms with Crippen LogP contribution in [-0.2, 0) is 14.2 Å². The standard InChI is InChI=1S/C13H28N5O3P/c1-4-7-16-12(19)11(9(2)3)17-22(15,21)18-8-5-6-10(14)13(18)20/h9-11H,4-8,14H2,1-3H3,(H,16,19)(H3,15,17,21)/t10-,11?,22?/m0/s1. The van der Waals surface area contributed by atoms with Crippen molar-refractivity contribution in [1.29, 1.82) is 0 Å². The quantitative estimate of drug-likeness (QED) is 0.490. The second-order valence-electron chi connectivity index (χ2n) is 5.97. The molecule has 3 atom stereocenters. The molecular weight excluding hydrogens is 305 g/mol. The van der Waals surface area contributed by atoms with Crippen molar-refractivity contribution in [3.05, 3.63) is 0 Å². The lowest BCUT2D eigenvalue weighted by Crippen LogP contribution is -2.54. The van der Waals surface area contributed by atoms with Gasteiger partial charge >= 0.3 is 7.59 Å². The molecule has 2 amide bonds. The summed E-state index contributed by atoms with van der Waals surface area (Å²) in [6.45, 7) is 6.42. The Morgan fingerprint density at radius 3 is 2.68 bits per heavy atom. The number of amides is 2. The molecule has 0 saturated carbocycles. The van der Waals surface area contributed by atoms with Gasteiger partial charge in [0, 0.05) is 13.1 Å². The van der Waals surface area contributed by atoms with Gasteiger partial charge in [-0.2, -0.15) is 0 Å². The predicted molar refractivity (Wildman–Crippen MR) is 85.8 cm³/mol. The first-order valence-electron chi connectivity index (χ1n) is 7.72. The van der Waals surface area contributed by atoms with Gasteiger partial charge in [0.2, 0.25) is 11.8 Å². The minimum absolute atomic E-state index is 0.123. The lowest BCUT2D eigenvalue weighted by atomic mass is 10.1. The average molecular weight is 333 g/mol. The third kappa shape index (κ3) is 4.78. The Kier molecular flexibility index (Phi) is 6.99. The Morgan fingerprint density at radius 1 is 1.50 bits per heavy atom. The summed E-state index contributed by atoms with van der Waals surface area (Å²) in [6.07, 6.45) is 2.00. The molecule has 1 rings (SSSR count). The molecule has 0 radical (unpaired) electrons. The molecule has 6 N–H and O–H groups in total. The highest BCUT2D eigenvalue weighted by Gasteiger charge is 2.39. The van der Waals surface area contributed by atoms with E-state index in [-0.39, 0.29) is 18.4 Å². The lowest BCUT2D eigenvalue weighted by Gasteiger charge is -2.36. The van der Waals surface area contributed by atoms with Crippen molar-refractivity contribution < 1.29 is 14.2 Å². The van der Waals surface area contributed by atoms with Crippen molar-refractivity contribution in [2.45, 2.75) is 52.1 Å². The van der Waals surface area contributed by atoms with E-state index >= 15 is 0 Å². The van der Waals surface area contributed by atoms with Gasteiger partial charge in [-0.25, -0.2) is 5.09 Å². The Bertz CT molecular complexity index is 457. The van der Waals surface area contributed by atoms with Crippen LogP contribution < -0.4 is 21.6 Å². The van der Waals surface area contributed by atoms with Crippen molar-refractivity contribution in [3.8, 4) is 0 Å². The number of carbonyl (C=O) groups excluding carboxylic acids is 2. The zero-order chi connectivity index (χ0) is 16.9. The van der Waals surface area contributed by atoms with Crippen molar-refractivity contribution in [2.24, 2.45) is 17.2 Å². The predicted octanol–water partition coefficient (Wildman–Crippen LogP) is 0.143. The zero-order valence-corrected chi connectivity index (χ0v) is 14.4. The molecule has 0 aromatic heterocycles. The summed E-state index contributed by atoms with van der Waals surface area (Å²) in [7, 11) is -3.66. The van der Waals surface area contributed by atoms with Gasteiger partial charge in [0.1, 0.15) is 0 Å². The van der Waals surface area contributed by atoms with Gasteiger partial charge in [-0.3, -0.25) is 24.3 Å². The topological polar surface area (TPSA) is 131 Å². The smallest absolute Gasteiger partial charge is 0.306 e. The minimum atomic E-state index is -3.66. The van der Waals surface area contributed by atoms with Gasteiger partial charge in [0.25, 0.3) is 0 Å². The molecule has 1 aliphatic rings. The lowest BCUT2D eigenvalue weighted by molar-refractivity contribution is -0.130. The van der Waals surface area contributed by atoms with Gasteiger partial charge in [-0.05, 0) is 25.2 Å². The second kappa shape index (κ2) is 8.06. The Morgan fingerprint density at radius 2 is 2.14 bits per heavy atom. The van der Waals surface area contributed by atoms with Gasteiger partial charge in [0.15, 0.2) is 0 Å². The van der Waals surface area contributed by atoms with Crippen LogP contribution in [0.1, 0.15) is 40.0 Å². The van der Waals surface area contributed by atoms with E-state index < -0.39 is 25.6 Å². The van der Waals surface area contributed by atoms with Crippen LogP contribution in [0.15, 0.2) is 0 Å². The van der Waals surface area contributed by atoms with Crippen molar-refractivity contribution in [3.63, 3.8) is 0 Å². The van der Waals surface area contributed by atoms with Gasteiger partial charge in [0.05, 0.1) is 12.1 Å². The highest BCUT2D eigenvalue weighted by Crippen LogP contribution is 2.40. The monoisotopic (exact) mass is 333 g/mol. The van der Waals surface area contributed by atoms with Gasteiger partial charge in [-0.15, -0.1) is 0 Å². The fourth-order valence-electron chi connectivity index (χ4n) is 2.32. The highest BCUT2D eigenvalue weighted by atomic mass is 31.2. The number of piperidine rings is 1. The number of hydrogen-bond acceptors (Lipinski definition) is 4. The number of hydrogen-bond donors (Lipinski definition) is 4. The Balaban J connectivity index is 2.84. The fraction of sp³-hybridized carbons (Fsp3) is 0.846. The minimum Gasteiger partial charge on any atom is -0.355 e. The van der Waals surface area contributed by atoms with Gasteiger partial charge < -0.3 is 11.1 Å². The SMILES string of the molecule is CCCNC(=O)C(NP(N)(=O)N1CCC[C@H](N)C1=O)C(C)C. The normalized spacial score (nSPS) is 23.3. The molecule has 128 valence electrons. The molecule has 8 nitrogen and oxygen atoms in total. The Hall–Kier alpha value is -0.950. The highest BCUT2D eigenvalue weighted by molar-refractivity contribution is 7.57. The maximum Gasteiger partial charge on any atom is 0.306 e. The first-order chi connectivity index (χ1) is 10.2. The van der Waals surface area contributed by atoms with Crippen molar-refractivity contribution >= 4 is 19.4 Å². The van der Waals surface area contributed by atoms with Crippen LogP contribution in [0.5, 0.6) is 0 Å². The third-order valence-corrected chi connectivity index (χ3v) is 5.40. The molecule has 0 aromatic carbocycles. The van der Waals surface area contributed by atoms with Gasteiger partial charge in [-0.1, -0.05) is 20.8 Å². The van der Waals surface area contributed by atoms with Crippen LogP contribution in [0.2, 0.25) is 0 Å². The molecule has 0 bridgehead atoms. The van der Waals surface area contributed by atoms with E-state index in [0.717, 1.165) is 11.1 Å². The van der Waals surface area contributed by atoms with E-state index in [4.69, 9.17) is 11.2 Å². The maximum absolute atomic E-state index is 12.8. The molecule has 22 heavy (non-hydrogen) atoms. The molecule has 9 heteroatoms. The molecule has 1 saturated heterocycles. The summed E-state index contributed by atoms with van der Waals surface area (Å²) in [5.74, 6) is -0.820. The molecule has 1 aliphatic heterocycles. The zero-order valence-electron chi connectivity index (χ0n) is 13.5. The summed E-state index contributed by atoms with van der Waals surface area (Å²) in [5, 5.41) is 5.45. The molecule has 0 aliphatic carbocycles. The van der Waals surface area contributed by atoms with E-state index in [1.807, 2.05) is 20.8 Å². The van der Waals surface area contributed by atoms with E-state index in [9.17, 15) is 14.2 Å². The van der Waals surface area contributed by atoms with E-state index in [1.54, 1.807) is 0 Å². The maximum atomic E-state index is 12.8. The number of nitrogens with zero attached hydrogens (tertiary/aromatic N) is 1. The van der Waals surface area contributed by atoms with Crippen LogP contribution in [0.3, 0.4) is 0 Å². The first-order valence-corrected chi connectivity index (χ1v) is 9.45. The molecule has 1 fully saturated rings. The van der Waals surface area contributed by atoms with Crippen LogP contribution in [0, 0.1) is 5.92 Å². The summed E-state index contributed by atoms with van der Waals surface area (Å²) in [6, 6.07) is -1.41. The summed E-state index contributed by atoms with van der Waals surface area (Å²) < 4.78 is 13.9. The molecule has 1 heterocycles. The molecule has 0 aromatic rings. The van der Waals surface area contributed by atoms with Crippen LogP contribution in [0.25, 0.3) is 0 Å². The first kappa shape index (κ1) is 19.1. The molecule has 0 spiro atoms. The largest absolute Gasteiger partial charge is 0.355 e. The number of nitrogens with two attached hydrogens (primary N) is 2. The summed E-state index contributed by atoms with van der Waals surface area (Å²) >= 11 is 0. The third-order valence-electron chi connectivity index (χ3n) is 3.64. The molecular formula is C13H28N5O3P. The van der Waals surface area contributed by atoms with Crippen LogP contribution in [0.4, 0.5) is 0 Å². The number of nitrogens with one attached hydrogen (secondary N) is 2. The van der Waals surface area contributed by atoms with Crippen molar-refractivity contribution in [1.82, 2.24) is 15.1 Å². The van der Waals surface area contributed by atoms with E-state index in [0.29, 0.717) is 19.4 Å². The summed E-state index contributed by atoms with van der Waals surface area (Å²) in [5.41, 5.74) is 11.6. The van der Waals surface area contributed by atoms with Crippen molar-refractivity contribution in [2.75, 3.05) is 13.1 Å². The Labute approximate surface area is 131 Å². The number of rotatable bonds is 7. The molecule has 2 unspecified atom stereocenters. The summed E-state index contributed by atoms with van der Waals surface area (Å²) in [4.78, 5) is 24.2. The van der Waals surface area contributed by atoms with Crippen LogP contribution in [-0.4, -0.2) is 41.7 Å².